The normalized spacial score (nSPS) is 17.6. The number of amides is 2. The lowest BCUT2D eigenvalue weighted by atomic mass is 10.1. The highest BCUT2D eigenvalue weighted by Crippen LogP contribution is 2.18. The van der Waals surface area contributed by atoms with Crippen molar-refractivity contribution >= 4 is 17.6 Å². The molecule has 2 aromatic rings. The number of hydrogen-bond acceptors (Lipinski definition) is 5. The number of anilines is 1. The van der Waals surface area contributed by atoms with Crippen LogP contribution in [0.3, 0.4) is 0 Å². The van der Waals surface area contributed by atoms with Gasteiger partial charge in [-0.3, -0.25) is 14.6 Å². The molecule has 3 heterocycles. The first-order chi connectivity index (χ1) is 13.7. The average Bonchev–Trinajstić information content (AvgIpc) is 3.27. The maximum atomic E-state index is 12.9. The molecular formula is C21H25N5O2. The minimum Gasteiger partial charge on any atom is -0.353 e. The van der Waals surface area contributed by atoms with Crippen molar-refractivity contribution in [3.05, 3.63) is 54.0 Å². The first-order valence-electron chi connectivity index (χ1n) is 9.93. The summed E-state index contributed by atoms with van der Waals surface area (Å²) in [5, 5.41) is 3.02. The highest BCUT2D eigenvalue weighted by Gasteiger charge is 2.24. The molecule has 4 rings (SSSR count). The summed E-state index contributed by atoms with van der Waals surface area (Å²) in [7, 11) is 0. The van der Waals surface area contributed by atoms with E-state index in [4.69, 9.17) is 0 Å². The minimum atomic E-state index is -0.193. The second-order valence-corrected chi connectivity index (χ2v) is 7.35. The van der Waals surface area contributed by atoms with Gasteiger partial charge in [0.05, 0.1) is 0 Å². The van der Waals surface area contributed by atoms with Crippen LogP contribution in [-0.4, -0.2) is 58.9 Å². The molecule has 0 atom stereocenters. The first kappa shape index (κ1) is 18.4. The van der Waals surface area contributed by atoms with E-state index in [0.29, 0.717) is 24.3 Å². The number of aromatic nitrogens is 2. The maximum Gasteiger partial charge on any atom is 0.270 e. The summed E-state index contributed by atoms with van der Waals surface area (Å²) in [6.07, 6.45) is 7.67. The first-order valence-corrected chi connectivity index (χ1v) is 9.93. The van der Waals surface area contributed by atoms with Gasteiger partial charge in [0.25, 0.3) is 11.8 Å². The van der Waals surface area contributed by atoms with E-state index < -0.39 is 0 Å². The highest BCUT2D eigenvalue weighted by molar-refractivity contribution is 5.98. The number of carbonyl (C=O) groups excluding carboxylic acids is 2. The number of carbonyl (C=O) groups is 2. The predicted octanol–water partition coefficient (Wildman–Crippen LogP) is 2.11. The Morgan fingerprint density at radius 2 is 1.75 bits per heavy atom. The molecule has 146 valence electrons. The molecule has 7 nitrogen and oxygen atoms in total. The van der Waals surface area contributed by atoms with Gasteiger partial charge in [0.15, 0.2) is 0 Å². The molecule has 7 heteroatoms. The van der Waals surface area contributed by atoms with Gasteiger partial charge in [0.1, 0.15) is 11.5 Å². The molecule has 0 radical (unpaired) electrons. The maximum absolute atomic E-state index is 12.9. The van der Waals surface area contributed by atoms with E-state index in [1.54, 1.807) is 24.5 Å². The largest absolute Gasteiger partial charge is 0.353 e. The molecule has 1 aliphatic heterocycles. The van der Waals surface area contributed by atoms with Crippen LogP contribution in [0.2, 0.25) is 0 Å². The lowest BCUT2D eigenvalue weighted by Gasteiger charge is -2.35. The van der Waals surface area contributed by atoms with Gasteiger partial charge in [-0.05, 0) is 37.1 Å². The number of piperazine rings is 1. The van der Waals surface area contributed by atoms with E-state index in [9.17, 15) is 9.59 Å². The number of nitrogens with zero attached hydrogens (tertiary/aromatic N) is 4. The van der Waals surface area contributed by atoms with Crippen molar-refractivity contribution in [1.82, 2.24) is 20.2 Å². The monoisotopic (exact) mass is 379 g/mol. The molecular weight excluding hydrogens is 354 g/mol. The summed E-state index contributed by atoms with van der Waals surface area (Å²) >= 11 is 0. The molecule has 1 saturated carbocycles. The van der Waals surface area contributed by atoms with Gasteiger partial charge in [0, 0.05) is 50.2 Å². The van der Waals surface area contributed by atoms with E-state index in [0.717, 1.165) is 44.6 Å². The van der Waals surface area contributed by atoms with Gasteiger partial charge >= 0.3 is 0 Å². The lowest BCUT2D eigenvalue weighted by molar-refractivity contribution is 0.0746. The van der Waals surface area contributed by atoms with Gasteiger partial charge < -0.3 is 15.1 Å². The molecule has 0 bridgehead atoms. The van der Waals surface area contributed by atoms with Crippen LogP contribution in [-0.2, 0) is 0 Å². The molecule has 1 aliphatic carbocycles. The van der Waals surface area contributed by atoms with Crippen molar-refractivity contribution < 1.29 is 9.59 Å². The van der Waals surface area contributed by atoms with Gasteiger partial charge in [-0.15, -0.1) is 0 Å². The van der Waals surface area contributed by atoms with Crippen LogP contribution in [0.25, 0.3) is 0 Å². The topological polar surface area (TPSA) is 78.4 Å². The molecule has 28 heavy (non-hydrogen) atoms. The number of pyridine rings is 2. The zero-order valence-electron chi connectivity index (χ0n) is 15.9. The smallest absolute Gasteiger partial charge is 0.270 e. The minimum absolute atomic E-state index is 0.0574. The third-order valence-electron chi connectivity index (χ3n) is 5.47. The lowest BCUT2D eigenvalue weighted by Crippen LogP contribution is -2.49. The van der Waals surface area contributed by atoms with Crippen LogP contribution >= 0.6 is 0 Å². The predicted molar refractivity (Wildman–Crippen MR) is 106 cm³/mol. The zero-order valence-corrected chi connectivity index (χ0v) is 15.9. The fraction of sp³-hybridized carbons (Fsp3) is 0.429. The molecule has 0 spiro atoms. The van der Waals surface area contributed by atoms with Crippen LogP contribution in [0.15, 0.2) is 42.7 Å². The fourth-order valence-corrected chi connectivity index (χ4v) is 3.88. The SMILES string of the molecule is O=C(NC1CCCC1)c1cc(C(=O)N2CCN(c3ccccn3)CC2)ccn1. The highest BCUT2D eigenvalue weighted by atomic mass is 16.2. The summed E-state index contributed by atoms with van der Waals surface area (Å²) < 4.78 is 0. The molecule has 2 amide bonds. The summed E-state index contributed by atoms with van der Waals surface area (Å²) in [6, 6.07) is 9.36. The van der Waals surface area contributed by atoms with Crippen molar-refractivity contribution in [2.75, 3.05) is 31.1 Å². The van der Waals surface area contributed by atoms with Crippen molar-refractivity contribution in [2.45, 2.75) is 31.7 Å². The third kappa shape index (κ3) is 4.13. The Morgan fingerprint density at radius 3 is 2.46 bits per heavy atom. The van der Waals surface area contributed by atoms with Crippen molar-refractivity contribution in [3.63, 3.8) is 0 Å². The van der Waals surface area contributed by atoms with Crippen LogP contribution in [0.5, 0.6) is 0 Å². The Hall–Kier alpha value is -2.96. The van der Waals surface area contributed by atoms with Crippen LogP contribution < -0.4 is 10.2 Å². The van der Waals surface area contributed by atoms with Crippen molar-refractivity contribution in [3.8, 4) is 0 Å². The summed E-state index contributed by atoms with van der Waals surface area (Å²) in [5.41, 5.74) is 0.822. The molecule has 2 aliphatic rings. The Bertz CT molecular complexity index is 828. The quantitative estimate of drug-likeness (QED) is 0.880. The van der Waals surface area contributed by atoms with E-state index >= 15 is 0 Å². The van der Waals surface area contributed by atoms with E-state index in [1.165, 1.54) is 0 Å². The molecule has 0 unspecified atom stereocenters. The second kappa shape index (κ2) is 8.37. The number of hydrogen-bond donors (Lipinski definition) is 1. The molecule has 0 aromatic carbocycles. The third-order valence-corrected chi connectivity index (χ3v) is 5.47. The van der Waals surface area contributed by atoms with Gasteiger partial charge in [-0.2, -0.15) is 0 Å². The Labute approximate surface area is 164 Å². The van der Waals surface area contributed by atoms with Crippen LogP contribution in [0.4, 0.5) is 5.82 Å². The molecule has 1 saturated heterocycles. The zero-order chi connectivity index (χ0) is 19.3. The average molecular weight is 379 g/mol. The molecule has 2 aromatic heterocycles. The van der Waals surface area contributed by atoms with Crippen LogP contribution in [0.1, 0.15) is 46.5 Å². The molecule has 2 fully saturated rings. The Morgan fingerprint density at radius 1 is 0.964 bits per heavy atom. The standard InChI is InChI=1S/C21H25N5O2/c27-20(24-17-5-1-2-6-17)18-15-16(8-10-22-18)21(28)26-13-11-25(12-14-26)19-7-3-4-9-23-19/h3-4,7-10,15,17H,1-2,5-6,11-14H2,(H,24,27). The summed E-state index contributed by atoms with van der Waals surface area (Å²) in [4.78, 5) is 37.9. The summed E-state index contributed by atoms with van der Waals surface area (Å²) in [6.45, 7) is 2.73. The second-order valence-electron chi connectivity index (χ2n) is 7.35. The summed E-state index contributed by atoms with van der Waals surface area (Å²) in [5.74, 6) is 0.684. The van der Waals surface area contributed by atoms with E-state index in [-0.39, 0.29) is 17.9 Å². The number of nitrogens with one attached hydrogen (secondary N) is 1. The fourth-order valence-electron chi connectivity index (χ4n) is 3.88. The van der Waals surface area contributed by atoms with E-state index in [2.05, 4.69) is 20.2 Å². The molecule has 1 N–H and O–H groups in total. The van der Waals surface area contributed by atoms with Crippen molar-refractivity contribution in [2.24, 2.45) is 0 Å². The van der Waals surface area contributed by atoms with Gasteiger partial charge in [-0.1, -0.05) is 18.9 Å². The van der Waals surface area contributed by atoms with E-state index in [1.807, 2.05) is 23.1 Å². The Balaban J connectivity index is 1.38. The van der Waals surface area contributed by atoms with Crippen molar-refractivity contribution in [1.29, 1.82) is 0 Å². The van der Waals surface area contributed by atoms with Gasteiger partial charge in [0.2, 0.25) is 0 Å². The van der Waals surface area contributed by atoms with Gasteiger partial charge in [-0.25, -0.2) is 4.98 Å². The van der Waals surface area contributed by atoms with Crippen LogP contribution in [0, 0.1) is 0 Å². The number of rotatable bonds is 4. The Kier molecular flexibility index (Phi) is 5.50.